The molecule has 144 valence electrons. The molecule has 1 aromatic heterocycles. The topological polar surface area (TPSA) is 72.7 Å². The number of benzene rings is 1. The van der Waals surface area contributed by atoms with Crippen LogP contribution in [-0.2, 0) is 11.8 Å². The molecule has 1 aromatic carbocycles. The number of nitrogens with zero attached hydrogens (tertiary/aromatic N) is 3. The zero-order chi connectivity index (χ0) is 20.0. The number of amidine groups is 1. The molecule has 1 heterocycles. The zero-order valence-electron chi connectivity index (χ0n) is 16.0. The molecule has 0 amide bonds. The summed E-state index contributed by atoms with van der Waals surface area (Å²) < 4.78 is 0. The van der Waals surface area contributed by atoms with E-state index in [0.717, 1.165) is 18.4 Å². The van der Waals surface area contributed by atoms with Crippen molar-refractivity contribution in [3.63, 3.8) is 0 Å². The maximum atomic E-state index is 12.6. The molecule has 0 aliphatic heterocycles. The van der Waals surface area contributed by atoms with Crippen LogP contribution < -0.4 is 5.73 Å². The first-order chi connectivity index (χ1) is 13.6. The third-order valence-electron chi connectivity index (χ3n) is 5.37. The first-order valence-electron chi connectivity index (χ1n) is 9.36. The van der Waals surface area contributed by atoms with Gasteiger partial charge in [-0.1, -0.05) is 54.9 Å². The van der Waals surface area contributed by atoms with E-state index < -0.39 is 0 Å². The van der Waals surface area contributed by atoms with E-state index in [0.29, 0.717) is 29.5 Å². The van der Waals surface area contributed by atoms with Gasteiger partial charge in [-0.2, -0.15) is 0 Å². The van der Waals surface area contributed by atoms with Gasteiger partial charge in [-0.25, -0.2) is 4.85 Å². The lowest BCUT2D eigenvalue weighted by Crippen LogP contribution is -2.27. The van der Waals surface area contributed by atoms with Crippen LogP contribution in [0.4, 0.5) is 5.69 Å². The fourth-order valence-corrected chi connectivity index (χ4v) is 3.98. The van der Waals surface area contributed by atoms with Crippen molar-refractivity contribution in [2.75, 3.05) is 12.8 Å². The second-order valence-corrected chi connectivity index (χ2v) is 7.99. The van der Waals surface area contributed by atoms with E-state index in [4.69, 9.17) is 12.3 Å². The molecule has 0 atom stereocenters. The summed E-state index contributed by atoms with van der Waals surface area (Å²) in [6, 6.07) is 11.5. The largest absolute Gasteiger partial charge is 0.379 e. The van der Waals surface area contributed by atoms with Gasteiger partial charge in [-0.3, -0.25) is 14.8 Å². The van der Waals surface area contributed by atoms with Gasteiger partial charge in [0.25, 0.3) is 0 Å². The lowest BCUT2D eigenvalue weighted by atomic mass is 9.78. The van der Waals surface area contributed by atoms with E-state index in [9.17, 15) is 4.79 Å². The highest BCUT2D eigenvalue weighted by molar-refractivity contribution is 8.13. The molecule has 2 aromatic rings. The molecule has 28 heavy (non-hydrogen) atoms. The van der Waals surface area contributed by atoms with Crippen molar-refractivity contribution in [3.05, 3.63) is 70.8 Å². The standard InChI is InChI=1S/C22H24N4OS/c1-24-18-8-9-19(25-14-18)20(27)13-16-6-5-7-17(12-16)22(10-3-4-11-22)15-26-21(23)28-2/h5-9,12,14H,3-4,10-11,13,15H2,2H3,(H2,23,26). The number of carbonyl (C=O) groups excluding carboxylic acids is 1. The van der Waals surface area contributed by atoms with E-state index in [-0.39, 0.29) is 11.2 Å². The van der Waals surface area contributed by atoms with Crippen molar-refractivity contribution in [3.8, 4) is 0 Å². The van der Waals surface area contributed by atoms with Crippen LogP contribution in [0.5, 0.6) is 0 Å². The summed E-state index contributed by atoms with van der Waals surface area (Å²) in [5, 5.41) is 0.617. The molecule has 1 fully saturated rings. The summed E-state index contributed by atoms with van der Waals surface area (Å²) in [6.45, 7) is 7.67. The number of nitrogens with two attached hydrogens (primary N) is 1. The normalized spacial score (nSPS) is 15.9. The van der Waals surface area contributed by atoms with Gasteiger partial charge in [0.05, 0.1) is 13.1 Å². The highest BCUT2D eigenvalue weighted by Crippen LogP contribution is 2.41. The third-order valence-corrected chi connectivity index (χ3v) is 5.92. The number of thioether (sulfide) groups is 1. The molecule has 3 rings (SSSR count). The van der Waals surface area contributed by atoms with Crippen molar-refractivity contribution in [1.82, 2.24) is 4.98 Å². The molecule has 0 unspecified atom stereocenters. The number of Topliss-reactive ketones (excluding diaryl/α,β-unsaturated/α-hetero) is 1. The lowest BCUT2D eigenvalue weighted by Gasteiger charge is -2.28. The summed E-state index contributed by atoms with van der Waals surface area (Å²) >= 11 is 1.47. The van der Waals surface area contributed by atoms with Crippen molar-refractivity contribution >= 4 is 28.4 Å². The third kappa shape index (κ3) is 4.60. The molecule has 0 spiro atoms. The maximum absolute atomic E-state index is 12.6. The smallest absolute Gasteiger partial charge is 0.205 e. The summed E-state index contributed by atoms with van der Waals surface area (Å²) in [5.41, 5.74) is 8.97. The summed E-state index contributed by atoms with van der Waals surface area (Å²) in [4.78, 5) is 24.6. The fraction of sp³-hybridized carbons (Fsp3) is 0.364. The zero-order valence-corrected chi connectivity index (χ0v) is 16.8. The summed E-state index contributed by atoms with van der Waals surface area (Å²) in [5.74, 6) is -0.0428. The fourth-order valence-electron chi connectivity index (χ4n) is 3.79. The van der Waals surface area contributed by atoms with E-state index in [2.05, 4.69) is 27.0 Å². The summed E-state index contributed by atoms with van der Waals surface area (Å²) in [7, 11) is 0. The average Bonchev–Trinajstić information content (AvgIpc) is 3.22. The number of carbonyl (C=O) groups is 1. The second-order valence-electron chi connectivity index (χ2n) is 7.16. The van der Waals surface area contributed by atoms with E-state index in [1.807, 2.05) is 18.4 Å². The second kappa shape index (κ2) is 9.03. The van der Waals surface area contributed by atoms with Gasteiger partial charge >= 0.3 is 0 Å². The van der Waals surface area contributed by atoms with Crippen LogP contribution >= 0.6 is 11.8 Å². The molecule has 5 nitrogen and oxygen atoms in total. The van der Waals surface area contributed by atoms with Crippen LogP contribution in [-0.4, -0.2) is 28.7 Å². The molecule has 1 aliphatic rings. The SMILES string of the molecule is [C-]#[N+]c1ccc(C(=O)Cc2cccc(C3(CN=C(N)SC)CCCC3)c2)nc1. The van der Waals surface area contributed by atoms with Crippen LogP contribution in [0.2, 0.25) is 0 Å². The highest BCUT2D eigenvalue weighted by atomic mass is 32.2. The number of rotatable bonds is 6. The van der Waals surface area contributed by atoms with Gasteiger partial charge < -0.3 is 5.73 Å². The Hall–Kier alpha value is -2.65. The predicted molar refractivity (Wildman–Crippen MR) is 115 cm³/mol. The van der Waals surface area contributed by atoms with Crippen molar-refractivity contribution in [1.29, 1.82) is 0 Å². The number of hydrogen-bond acceptors (Lipinski definition) is 4. The Balaban J connectivity index is 1.80. The molecule has 1 saturated carbocycles. The Morgan fingerprint density at radius 1 is 1.32 bits per heavy atom. The number of hydrogen-bond donors (Lipinski definition) is 1. The average molecular weight is 393 g/mol. The van der Waals surface area contributed by atoms with Gasteiger partial charge in [0.1, 0.15) is 5.69 Å². The lowest BCUT2D eigenvalue weighted by molar-refractivity contribution is 0.0988. The van der Waals surface area contributed by atoms with Gasteiger partial charge in [0.2, 0.25) is 5.69 Å². The molecule has 0 radical (unpaired) electrons. The summed E-state index contributed by atoms with van der Waals surface area (Å²) in [6.07, 6.45) is 8.24. The number of pyridine rings is 1. The van der Waals surface area contributed by atoms with Crippen LogP contribution in [0.3, 0.4) is 0 Å². The molecular weight excluding hydrogens is 368 g/mol. The van der Waals surface area contributed by atoms with Gasteiger partial charge in [0, 0.05) is 18.0 Å². The number of ketones is 1. The van der Waals surface area contributed by atoms with Crippen LogP contribution in [0, 0.1) is 6.57 Å². The van der Waals surface area contributed by atoms with Gasteiger partial charge in [-0.05, 0) is 36.3 Å². The van der Waals surface area contributed by atoms with Crippen molar-refractivity contribution in [2.24, 2.45) is 10.7 Å². The first kappa shape index (κ1) is 20.1. The molecule has 0 saturated heterocycles. The van der Waals surface area contributed by atoms with Gasteiger partial charge in [-0.15, -0.1) is 0 Å². The Morgan fingerprint density at radius 2 is 2.11 bits per heavy atom. The Labute approximate surface area is 170 Å². The van der Waals surface area contributed by atoms with Crippen molar-refractivity contribution in [2.45, 2.75) is 37.5 Å². The van der Waals surface area contributed by atoms with Gasteiger partial charge in [0.15, 0.2) is 11.0 Å². The predicted octanol–water partition coefficient (Wildman–Crippen LogP) is 4.55. The van der Waals surface area contributed by atoms with E-state index in [1.54, 1.807) is 12.1 Å². The minimum atomic E-state index is -0.0428. The van der Waals surface area contributed by atoms with E-state index >= 15 is 0 Å². The van der Waals surface area contributed by atoms with Crippen LogP contribution in [0.15, 0.2) is 47.6 Å². The maximum Gasteiger partial charge on any atom is 0.205 e. The minimum absolute atomic E-state index is 0.00887. The molecular formula is C22H24N4OS. The van der Waals surface area contributed by atoms with Crippen molar-refractivity contribution < 1.29 is 4.79 Å². The Morgan fingerprint density at radius 3 is 2.75 bits per heavy atom. The van der Waals surface area contributed by atoms with Crippen LogP contribution in [0.1, 0.15) is 47.3 Å². The minimum Gasteiger partial charge on any atom is -0.379 e. The molecule has 6 heteroatoms. The molecule has 2 N–H and O–H groups in total. The van der Waals surface area contributed by atoms with E-state index in [1.165, 1.54) is 36.4 Å². The monoisotopic (exact) mass is 392 g/mol. The highest BCUT2D eigenvalue weighted by Gasteiger charge is 2.35. The molecule has 1 aliphatic carbocycles. The Kier molecular flexibility index (Phi) is 6.48. The number of aliphatic imine (C=N–C) groups is 1. The molecule has 0 bridgehead atoms. The quantitative estimate of drug-likeness (QED) is 0.339. The first-order valence-corrected chi connectivity index (χ1v) is 10.6. The van der Waals surface area contributed by atoms with Crippen LogP contribution in [0.25, 0.3) is 4.85 Å². The number of aromatic nitrogens is 1. The Bertz CT molecular complexity index is 909.